The summed E-state index contributed by atoms with van der Waals surface area (Å²) < 4.78 is 5.29. The van der Waals surface area contributed by atoms with Gasteiger partial charge in [0.25, 0.3) is 5.91 Å². The molecule has 0 spiro atoms. The molecule has 2 heterocycles. The highest BCUT2D eigenvalue weighted by Crippen LogP contribution is 2.36. The lowest BCUT2D eigenvalue weighted by Crippen LogP contribution is -2.31. The van der Waals surface area contributed by atoms with E-state index in [0.717, 1.165) is 37.3 Å². The molecule has 0 radical (unpaired) electrons. The van der Waals surface area contributed by atoms with Crippen molar-refractivity contribution in [2.75, 3.05) is 13.7 Å². The van der Waals surface area contributed by atoms with E-state index in [1.165, 1.54) is 22.7 Å². The van der Waals surface area contributed by atoms with Gasteiger partial charge in [0, 0.05) is 38.5 Å². The van der Waals surface area contributed by atoms with Gasteiger partial charge in [-0.05, 0) is 102 Å². The molecule has 4 aromatic carbocycles. The minimum absolute atomic E-state index is 0.0401. The van der Waals surface area contributed by atoms with E-state index in [1.54, 1.807) is 23.8 Å². The number of hydrogen-bond acceptors (Lipinski definition) is 5. The molecule has 1 aliphatic heterocycles. The van der Waals surface area contributed by atoms with Crippen LogP contribution < -0.4 is 4.74 Å². The number of amides is 1. The Balaban J connectivity index is 1.24. The third-order valence-corrected chi connectivity index (χ3v) is 8.97. The van der Waals surface area contributed by atoms with Crippen molar-refractivity contribution in [1.29, 1.82) is 0 Å². The van der Waals surface area contributed by atoms with Crippen molar-refractivity contribution in [1.82, 2.24) is 9.88 Å². The van der Waals surface area contributed by atoms with Gasteiger partial charge in [-0.3, -0.25) is 9.69 Å². The monoisotopic (exact) mass is 595 g/mol. The maximum atomic E-state index is 13.7. The topological polar surface area (TPSA) is 57.7 Å². The van der Waals surface area contributed by atoms with Gasteiger partial charge in [-0.25, -0.2) is 4.99 Å². The largest absolute Gasteiger partial charge is 0.497 e. The van der Waals surface area contributed by atoms with Gasteiger partial charge < -0.3 is 9.72 Å². The van der Waals surface area contributed by atoms with Crippen LogP contribution in [0, 0.1) is 0 Å². The van der Waals surface area contributed by atoms with Crippen LogP contribution in [-0.4, -0.2) is 34.6 Å². The number of amidine groups is 1. The number of H-pyrrole nitrogens is 1. The van der Waals surface area contributed by atoms with Crippen LogP contribution in [0.25, 0.3) is 17.0 Å². The second-order valence-corrected chi connectivity index (χ2v) is 12.0. The summed E-state index contributed by atoms with van der Waals surface area (Å²) in [7, 11) is 1.64. The molecule has 5 aromatic rings. The van der Waals surface area contributed by atoms with Crippen LogP contribution in [-0.2, 0) is 11.2 Å². The molecule has 1 aromatic heterocycles. The van der Waals surface area contributed by atoms with Crippen molar-refractivity contribution in [3.05, 3.63) is 124 Å². The Morgan fingerprint density at radius 2 is 1.66 bits per heavy atom. The zero-order valence-corrected chi connectivity index (χ0v) is 24.6. The number of aliphatic imine (C=N–C) groups is 1. The molecule has 8 heteroatoms. The number of nitrogens with one attached hydrogen (secondary N) is 1. The number of methoxy groups -OCH3 is 1. The molecule has 0 bridgehead atoms. The average Bonchev–Trinajstić information content (AvgIpc) is 3.54. The van der Waals surface area contributed by atoms with Crippen LogP contribution in [0.5, 0.6) is 5.75 Å². The highest BCUT2D eigenvalue weighted by molar-refractivity contribution is 8.18. The average molecular weight is 596 g/mol. The maximum absolute atomic E-state index is 13.7. The van der Waals surface area contributed by atoms with Crippen molar-refractivity contribution in [3.8, 4) is 5.75 Å². The number of ether oxygens (including phenoxy) is 1. The third kappa shape index (κ3) is 6.38. The predicted octanol–water partition coefficient (Wildman–Crippen LogP) is 8.83. The third-order valence-electron chi connectivity index (χ3n) is 6.69. The SMILES string of the molecule is COc1ccc(N=C2S/C(=C\c3ccc(Sc4ccc(Cl)cc4)cc3)C(=O)N2CCc2c[nH]c3ccccc23)cc1. The summed E-state index contributed by atoms with van der Waals surface area (Å²) in [5.41, 5.74) is 4.00. The number of hydrogen-bond donors (Lipinski definition) is 1. The number of benzene rings is 4. The van der Waals surface area contributed by atoms with Crippen molar-refractivity contribution in [2.45, 2.75) is 16.2 Å². The first-order valence-corrected chi connectivity index (χ1v) is 15.1. The molecule has 0 unspecified atom stereocenters. The number of aromatic amines is 1. The quantitative estimate of drug-likeness (QED) is 0.182. The summed E-state index contributed by atoms with van der Waals surface area (Å²) in [5, 5.41) is 2.56. The smallest absolute Gasteiger partial charge is 0.266 e. The number of fused-ring (bicyclic) bond motifs is 1. The molecule has 5 nitrogen and oxygen atoms in total. The minimum atomic E-state index is -0.0401. The first-order chi connectivity index (χ1) is 20.1. The van der Waals surface area contributed by atoms with E-state index >= 15 is 0 Å². The van der Waals surface area contributed by atoms with E-state index in [4.69, 9.17) is 21.3 Å². The van der Waals surface area contributed by atoms with Gasteiger partial charge in [0.05, 0.1) is 17.7 Å². The summed E-state index contributed by atoms with van der Waals surface area (Å²) in [6.45, 7) is 0.524. The lowest BCUT2D eigenvalue weighted by molar-refractivity contribution is -0.122. The van der Waals surface area contributed by atoms with Crippen LogP contribution >= 0.6 is 35.1 Å². The second kappa shape index (κ2) is 12.3. The lowest BCUT2D eigenvalue weighted by Gasteiger charge is -2.15. The Hall–Kier alpha value is -3.91. The van der Waals surface area contributed by atoms with Gasteiger partial charge in [-0.2, -0.15) is 0 Å². The fourth-order valence-corrected chi connectivity index (χ4v) is 6.52. The normalized spacial score (nSPS) is 15.4. The summed E-state index contributed by atoms with van der Waals surface area (Å²) in [6, 6.07) is 31.8. The van der Waals surface area contributed by atoms with Crippen molar-refractivity contribution < 1.29 is 9.53 Å². The number of para-hydroxylation sites is 1. The molecule has 1 N–H and O–H groups in total. The number of halogens is 1. The van der Waals surface area contributed by atoms with Gasteiger partial charge in [-0.1, -0.05) is 53.7 Å². The van der Waals surface area contributed by atoms with Crippen molar-refractivity contribution in [2.24, 2.45) is 4.99 Å². The van der Waals surface area contributed by atoms with E-state index in [0.29, 0.717) is 23.0 Å². The Morgan fingerprint density at radius 1 is 0.951 bits per heavy atom. The van der Waals surface area contributed by atoms with Crippen LogP contribution in [0.3, 0.4) is 0 Å². The molecule has 0 saturated carbocycles. The van der Waals surface area contributed by atoms with E-state index in [-0.39, 0.29) is 5.91 Å². The Kier molecular flexibility index (Phi) is 8.19. The van der Waals surface area contributed by atoms with Crippen LogP contribution in [0.2, 0.25) is 5.02 Å². The van der Waals surface area contributed by atoms with E-state index < -0.39 is 0 Å². The fraction of sp³-hybridized carbons (Fsp3) is 0.0909. The van der Waals surface area contributed by atoms with Crippen LogP contribution in [0.1, 0.15) is 11.1 Å². The minimum Gasteiger partial charge on any atom is -0.497 e. The van der Waals surface area contributed by atoms with Crippen molar-refractivity contribution in [3.63, 3.8) is 0 Å². The van der Waals surface area contributed by atoms with Gasteiger partial charge in [0.15, 0.2) is 5.17 Å². The first-order valence-electron chi connectivity index (χ1n) is 13.1. The molecule has 1 fully saturated rings. The number of aromatic nitrogens is 1. The molecule has 1 amide bonds. The summed E-state index contributed by atoms with van der Waals surface area (Å²) in [6.07, 6.45) is 4.68. The highest BCUT2D eigenvalue weighted by atomic mass is 35.5. The molecule has 204 valence electrons. The molecular weight excluding hydrogens is 570 g/mol. The van der Waals surface area contributed by atoms with E-state index in [1.807, 2.05) is 85.1 Å². The van der Waals surface area contributed by atoms with Crippen LogP contribution in [0.15, 0.2) is 123 Å². The molecule has 1 aliphatic rings. The summed E-state index contributed by atoms with van der Waals surface area (Å²) >= 11 is 9.09. The summed E-state index contributed by atoms with van der Waals surface area (Å²) in [5.74, 6) is 0.722. The number of nitrogens with zero attached hydrogens (tertiary/aromatic N) is 2. The number of rotatable bonds is 8. The summed E-state index contributed by atoms with van der Waals surface area (Å²) in [4.78, 5) is 26.5. The Labute approximate surface area is 252 Å². The predicted molar refractivity (Wildman–Crippen MR) is 171 cm³/mol. The highest BCUT2D eigenvalue weighted by Gasteiger charge is 2.33. The van der Waals surface area contributed by atoms with E-state index in [9.17, 15) is 4.79 Å². The lowest BCUT2D eigenvalue weighted by atomic mass is 10.1. The molecule has 0 atom stereocenters. The van der Waals surface area contributed by atoms with Crippen LogP contribution in [0.4, 0.5) is 5.69 Å². The zero-order valence-electron chi connectivity index (χ0n) is 22.2. The van der Waals surface area contributed by atoms with Gasteiger partial charge in [-0.15, -0.1) is 0 Å². The molecule has 41 heavy (non-hydrogen) atoms. The Bertz CT molecular complexity index is 1740. The van der Waals surface area contributed by atoms with Gasteiger partial charge >= 0.3 is 0 Å². The maximum Gasteiger partial charge on any atom is 0.266 e. The Morgan fingerprint density at radius 3 is 2.39 bits per heavy atom. The molecule has 0 aliphatic carbocycles. The van der Waals surface area contributed by atoms with Gasteiger partial charge in [0.2, 0.25) is 0 Å². The standard InChI is InChI=1S/C33H26ClN3O2S2/c1-39-26-12-10-25(11-13-26)36-33-37(19-18-23-21-35-30-5-3-2-4-29(23)30)32(38)31(41-33)20-22-6-14-27(15-7-22)40-28-16-8-24(34)9-17-28/h2-17,20-21,35H,18-19H2,1H3/b31-20-,36-33?. The van der Waals surface area contributed by atoms with Gasteiger partial charge in [0.1, 0.15) is 5.75 Å². The number of thioether (sulfide) groups is 1. The molecule has 1 saturated heterocycles. The van der Waals surface area contributed by atoms with Crippen molar-refractivity contribution >= 4 is 68.9 Å². The van der Waals surface area contributed by atoms with E-state index in [2.05, 4.69) is 29.2 Å². The molecule has 6 rings (SSSR count). The second-order valence-electron chi connectivity index (χ2n) is 9.39. The number of carbonyl (C=O) groups excluding carboxylic acids is 1. The first kappa shape index (κ1) is 27.3. The number of carbonyl (C=O) groups is 1. The fourth-order valence-electron chi connectivity index (χ4n) is 4.55. The molecular formula is C33H26ClN3O2S2. The zero-order chi connectivity index (χ0) is 28.2.